The second-order valence-corrected chi connectivity index (χ2v) is 7.06. The van der Waals surface area contributed by atoms with Crippen molar-refractivity contribution in [1.82, 2.24) is 15.5 Å². The number of halogens is 1. The lowest BCUT2D eigenvalue weighted by atomic mass is 10.1. The van der Waals surface area contributed by atoms with Crippen LogP contribution in [0.5, 0.6) is 0 Å². The number of nitrogens with zero attached hydrogens (tertiary/aromatic N) is 2. The van der Waals surface area contributed by atoms with E-state index in [1.165, 1.54) is 48.2 Å². The first-order valence-electron chi connectivity index (χ1n) is 9.53. The lowest BCUT2D eigenvalue weighted by Crippen LogP contribution is -2.36. The maximum Gasteiger partial charge on any atom is 0.191 e. The first kappa shape index (κ1) is 21.7. The average molecular weight is 478 g/mol. The van der Waals surface area contributed by atoms with Gasteiger partial charge in [-0.05, 0) is 49.5 Å². The molecule has 0 atom stereocenters. The van der Waals surface area contributed by atoms with Gasteiger partial charge in [-0.3, -0.25) is 9.89 Å². The number of hydrogen-bond acceptors (Lipinski definition) is 2. The van der Waals surface area contributed by atoms with Crippen LogP contribution in [-0.2, 0) is 19.6 Å². The first-order chi connectivity index (χ1) is 12.7. The summed E-state index contributed by atoms with van der Waals surface area (Å²) >= 11 is 0. The van der Waals surface area contributed by atoms with Crippen molar-refractivity contribution in [2.24, 2.45) is 4.99 Å². The molecule has 0 amide bonds. The third kappa shape index (κ3) is 7.14. The molecule has 0 bridgehead atoms. The number of hydrogen-bond donors (Lipinski definition) is 2. The van der Waals surface area contributed by atoms with Gasteiger partial charge in [-0.1, -0.05) is 54.1 Å². The minimum Gasteiger partial charge on any atom is -0.352 e. The number of benzene rings is 2. The Kier molecular flexibility index (Phi) is 9.07. The quantitative estimate of drug-likeness (QED) is 0.374. The molecule has 146 valence electrons. The van der Waals surface area contributed by atoms with E-state index in [9.17, 15) is 0 Å². The average Bonchev–Trinajstić information content (AvgIpc) is 3.17. The summed E-state index contributed by atoms with van der Waals surface area (Å²) < 4.78 is 0. The van der Waals surface area contributed by atoms with Crippen LogP contribution in [0.25, 0.3) is 0 Å². The normalized spacial score (nSPS) is 14.7. The fourth-order valence-corrected chi connectivity index (χ4v) is 3.26. The van der Waals surface area contributed by atoms with Crippen LogP contribution in [0.4, 0.5) is 0 Å². The van der Waals surface area contributed by atoms with Crippen molar-refractivity contribution >= 4 is 29.9 Å². The van der Waals surface area contributed by atoms with E-state index in [2.05, 4.69) is 76.0 Å². The zero-order valence-corrected chi connectivity index (χ0v) is 18.7. The molecule has 0 aromatic heterocycles. The number of aryl methyl sites for hydroxylation is 1. The van der Waals surface area contributed by atoms with Gasteiger partial charge in [0.1, 0.15) is 0 Å². The molecule has 2 aromatic carbocycles. The zero-order chi connectivity index (χ0) is 18.2. The largest absolute Gasteiger partial charge is 0.352 e. The van der Waals surface area contributed by atoms with Crippen molar-refractivity contribution in [3.8, 4) is 0 Å². The van der Waals surface area contributed by atoms with Gasteiger partial charge in [0.05, 0.1) is 0 Å². The number of guanidine groups is 1. The molecule has 1 aliphatic heterocycles. The van der Waals surface area contributed by atoms with E-state index >= 15 is 0 Å². The molecule has 1 aliphatic rings. The zero-order valence-electron chi connectivity index (χ0n) is 16.4. The van der Waals surface area contributed by atoms with Crippen LogP contribution in [0.2, 0.25) is 0 Å². The first-order valence-corrected chi connectivity index (χ1v) is 9.53. The van der Waals surface area contributed by atoms with E-state index in [1.807, 2.05) is 7.05 Å². The summed E-state index contributed by atoms with van der Waals surface area (Å²) in [5, 5.41) is 6.76. The van der Waals surface area contributed by atoms with Gasteiger partial charge in [0, 0.05) is 26.7 Å². The predicted molar refractivity (Wildman–Crippen MR) is 125 cm³/mol. The smallest absolute Gasteiger partial charge is 0.191 e. The minimum atomic E-state index is 0. The highest BCUT2D eigenvalue weighted by Gasteiger charge is 2.11. The van der Waals surface area contributed by atoms with Crippen LogP contribution in [-0.4, -0.2) is 31.0 Å². The molecule has 27 heavy (non-hydrogen) atoms. The van der Waals surface area contributed by atoms with E-state index in [1.54, 1.807) is 0 Å². The molecule has 1 fully saturated rings. The molecule has 1 saturated heterocycles. The van der Waals surface area contributed by atoms with Crippen molar-refractivity contribution in [2.75, 3.05) is 20.1 Å². The molecule has 0 spiro atoms. The molecule has 2 aromatic rings. The van der Waals surface area contributed by atoms with Crippen LogP contribution in [0.15, 0.2) is 53.5 Å². The van der Waals surface area contributed by atoms with Gasteiger partial charge in [-0.25, -0.2) is 0 Å². The SMILES string of the molecule is CN=C(NCc1ccc(C)cc1)NCc1ccc(CN2CCCC2)cc1.I. The fraction of sp³-hybridized carbons (Fsp3) is 0.409. The number of nitrogens with one attached hydrogen (secondary N) is 2. The van der Waals surface area contributed by atoms with Crippen molar-refractivity contribution in [1.29, 1.82) is 0 Å². The van der Waals surface area contributed by atoms with Crippen LogP contribution in [0, 0.1) is 6.92 Å². The molecule has 5 heteroatoms. The van der Waals surface area contributed by atoms with Gasteiger partial charge in [-0.15, -0.1) is 24.0 Å². The minimum absolute atomic E-state index is 0. The van der Waals surface area contributed by atoms with Crippen molar-refractivity contribution in [3.05, 3.63) is 70.8 Å². The van der Waals surface area contributed by atoms with Crippen LogP contribution >= 0.6 is 24.0 Å². The summed E-state index contributed by atoms with van der Waals surface area (Å²) in [7, 11) is 1.81. The Morgan fingerprint density at radius 3 is 1.85 bits per heavy atom. The van der Waals surface area contributed by atoms with Gasteiger partial charge in [0.15, 0.2) is 5.96 Å². The standard InChI is InChI=1S/C22H30N4.HI/c1-18-5-7-19(8-6-18)15-24-22(23-2)25-16-20-9-11-21(12-10-20)17-26-13-3-4-14-26;/h5-12H,3-4,13-17H2,1-2H3,(H2,23,24,25);1H. The number of rotatable bonds is 6. The van der Waals surface area contributed by atoms with Crippen molar-refractivity contribution in [3.63, 3.8) is 0 Å². The summed E-state index contributed by atoms with van der Waals surface area (Å²) in [6.07, 6.45) is 2.69. The highest BCUT2D eigenvalue weighted by molar-refractivity contribution is 14.0. The monoisotopic (exact) mass is 478 g/mol. The molecule has 2 N–H and O–H groups in total. The third-order valence-corrected chi connectivity index (χ3v) is 4.89. The highest BCUT2D eigenvalue weighted by atomic mass is 127. The molecule has 0 unspecified atom stereocenters. The Balaban J connectivity index is 0.00000261. The summed E-state index contributed by atoms with van der Waals surface area (Å²) in [6, 6.07) is 17.5. The molecular weight excluding hydrogens is 447 g/mol. The lowest BCUT2D eigenvalue weighted by Gasteiger charge is -2.15. The molecule has 1 heterocycles. The Morgan fingerprint density at radius 2 is 1.33 bits per heavy atom. The Bertz CT molecular complexity index is 704. The van der Waals surface area contributed by atoms with Gasteiger partial charge in [-0.2, -0.15) is 0 Å². The van der Waals surface area contributed by atoms with E-state index in [0.717, 1.165) is 25.6 Å². The summed E-state index contributed by atoms with van der Waals surface area (Å²) in [6.45, 7) is 7.21. The van der Waals surface area contributed by atoms with Gasteiger partial charge in [0.25, 0.3) is 0 Å². The van der Waals surface area contributed by atoms with E-state index in [4.69, 9.17) is 0 Å². The second-order valence-electron chi connectivity index (χ2n) is 7.06. The summed E-state index contributed by atoms with van der Waals surface area (Å²) in [5.74, 6) is 0.826. The van der Waals surface area contributed by atoms with Gasteiger partial charge in [0.2, 0.25) is 0 Å². The molecular formula is C22H31IN4. The molecule has 4 nitrogen and oxygen atoms in total. The highest BCUT2D eigenvalue weighted by Crippen LogP contribution is 2.13. The molecule has 0 saturated carbocycles. The third-order valence-electron chi connectivity index (χ3n) is 4.89. The number of likely N-dealkylation sites (tertiary alicyclic amines) is 1. The second kappa shape index (κ2) is 11.3. The molecule has 3 rings (SSSR count). The van der Waals surface area contributed by atoms with E-state index < -0.39 is 0 Å². The van der Waals surface area contributed by atoms with Crippen molar-refractivity contribution < 1.29 is 0 Å². The van der Waals surface area contributed by atoms with E-state index in [0.29, 0.717) is 0 Å². The van der Waals surface area contributed by atoms with Crippen LogP contribution in [0.3, 0.4) is 0 Å². The lowest BCUT2D eigenvalue weighted by molar-refractivity contribution is 0.331. The van der Waals surface area contributed by atoms with Gasteiger partial charge < -0.3 is 10.6 Å². The van der Waals surface area contributed by atoms with Crippen molar-refractivity contribution in [2.45, 2.75) is 39.4 Å². The maximum absolute atomic E-state index is 4.31. The molecule has 0 radical (unpaired) electrons. The topological polar surface area (TPSA) is 39.7 Å². The molecule has 0 aliphatic carbocycles. The predicted octanol–water partition coefficient (Wildman–Crippen LogP) is 4.07. The van der Waals surface area contributed by atoms with E-state index in [-0.39, 0.29) is 24.0 Å². The Labute approximate surface area is 180 Å². The van der Waals surface area contributed by atoms with Crippen LogP contribution in [0.1, 0.15) is 35.1 Å². The summed E-state index contributed by atoms with van der Waals surface area (Å²) in [4.78, 5) is 6.84. The fourth-order valence-electron chi connectivity index (χ4n) is 3.26. The Hall–Kier alpha value is -1.60. The van der Waals surface area contributed by atoms with Crippen LogP contribution < -0.4 is 10.6 Å². The number of aliphatic imine (C=N–C) groups is 1. The maximum atomic E-state index is 4.31. The Morgan fingerprint density at radius 1 is 0.852 bits per heavy atom. The van der Waals surface area contributed by atoms with Gasteiger partial charge >= 0.3 is 0 Å². The summed E-state index contributed by atoms with van der Waals surface area (Å²) in [5.41, 5.74) is 5.21.